The molecule has 1 atom stereocenters. The molecular weight excluding hydrogens is 270 g/mol. The lowest BCUT2D eigenvalue weighted by atomic mass is 10.1. The number of rotatable bonds is 6. The highest BCUT2D eigenvalue weighted by Crippen LogP contribution is 2.21. The predicted octanol–water partition coefficient (Wildman–Crippen LogP) is 1.76. The van der Waals surface area contributed by atoms with Crippen LogP contribution in [-0.2, 0) is 20.7 Å². The van der Waals surface area contributed by atoms with Gasteiger partial charge >= 0.3 is 5.97 Å². The average molecular weight is 291 g/mol. The Balaban J connectivity index is 1.91. The van der Waals surface area contributed by atoms with E-state index in [4.69, 9.17) is 9.47 Å². The summed E-state index contributed by atoms with van der Waals surface area (Å²) in [5.74, 6) is -0.0213. The van der Waals surface area contributed by atoms with Crippen molar-refractivity contribution in [1.29, 1.82) is 0 Å². The van der Waals surface area contributed by atoms with Crippen LogP contribution in [0.5, 0.6) is 5.75 Å². The van der Waals surface area contributed by atoms with Gasteiger partial charge in [-0.2, -0.15) is 0 Å². The van der Waals surface area contributed by atoms with E-state index in [2.05, 4.69) is 5.32 Å². The summed E-state index contributed by atoms with van der Waals surface area (Å²) >= 11 is 0. The third-order valence-corrected chi connectivity index (χ3v) is 3.37. The summed E-state index contributed by atoms with van der Waals surface area (Å²) in [6.45, 7) is 3.53. The van der Waals surface area contributed by atoms with E-state index < -0.39 is 12.1 Å². The van der Waals surface area contributed by atoms with Gasteiger partial charge in [0.15, 0.2) is 6.10 Å². The van der Waals surface area contributed by atoms with Crippen molar-refractivity contribution in [2.75, 3.05) is 7.11 Å². The van der Waals surface area contributed by atoms with E-state index in [9.17, 15) is 9.59 Å². The van der Waals surface area contributed by atoms with Gasteiger partial charge in [-0.15, -0.1) is 0 Å². The van der Waals surface area contributed by atoms with Crippen LogP contribution in [0.25, 0.3) is 0 Å². The Morgan fingerprint density at radius 1 is 1.38 bits per heavy atom. The number of methoxy groups -OCH3 is 1. The van der Waals surface area contributed by atoms with Crippen LogP contribution in [0.4, 0.5) is 0 Å². The van der Waals surface area contributed by atoms with Gasteiger partial charge in [-0.3, -0.25) is 9.59 Å². The molecule has 114 valence electrons. The van der Waals surface area contributed by atoms with Gasteiger partial charge in [0.25, 0.3) is 5.91 Å². The Kier molecular flexibility index (Phi) is 4.83. The summed E-state index contributed by atoms with van der Waals surface area (Å²) in [5, 5.41) is 2.81. The molecule has 0 aliphatic heterocycles. The number of amides is 1. The van der Waals surface area contributed by atoms with Crippen molar-refractivity contribution in [3.8, 4) is 5.75 Å². The van der Waals surface area contributed by atoms with E-state index in [1.165, 1.54) is 0 Å². The van der Waals surface area contributed by atoms with Crippen LogP contribution in [0, 0.1) is 6.92 Å². The number of carbonyl (C=O) groups is 2. The van der Waals surface area contributed by atoms with Gasteiger partial charge in [0.05, 0.1) is 13.5 Å². The van der Waals surface area contributed by atoms with Crippen LogP contribution in [0.3, 0.4) is 0 Å². The van der Waals surface area contributed by atoms with Crippen molar-refractivity contribution < 1.29 is 19.1 Å². The Hall–Kier alpha value is -2.04. The van der Waals surface area contributed by atoms with E-state index in [0.717, 1.165) is 24.0 Å². The molecule has 0 unspecified atom stereocenters. The molecule has 1 aromatic rings. The number of nitrogens with one attached hydrogen (secondary N) is 1. The van der Waals surface area contributed by atoms with Crippen molar-refractivity contribution >= 4 is 11.9 Å². The first-order chi connectivity index (χ1) is 9.99. The van der Waals surface area contributed by atoms with E-state index in [1.807, 2.05) is 25.1 Å². The van der Waals surface area contributed by atoms with Gasteiger partial charge in [0, 0.05) is 11.6 Å². The summed E-state index contributed by atoms with van der Waals surface area (Å²) < 4.78 is 10.4. The van der Waals surface area contributed by atoms with Crippen LogP contribution in [-0.4, -0.2) is 31.1 Å². The second kappa shape index (κ2) is 6.61. The zero-order chi connectivity index (χ0) is 15.4. The molecule has 0 spiro atoms. The predicted molar refractivity (Wildman–Crippen MR) is 78.2 cm³/mol. The molecule has 1 aliphatic carbocycles. The lowest BCUT2D eigenvalue weighted by Crippen LogP contribution is -2.37. The third kappa shape index (κ3) is 4.48. The van der Waals surface area contributed by atoms with Gasteiger partial charge in [0.1, 0.15) is 5.75 Å². The number of carbonyl (C=O) groups excluding carboxylic acids is 2. The highest BCUT2D eigenvalue weighted by Gasteiger charge is 2.27. The van der Waals surface area contributed by atoms with Gasteiger partial charge in [-0.05, 0) is 32.8 Å². The van der Waals surface area contributed by atoms with E-state index in [-0.39, 0.29) is 18.4 Å². The number of ether oxygens (including phenoxy) is 2. The molecule has 5 nitrogen and oxygen atoms in total. The van der Waals surface area contributed by atoms with Crippen molar-refractivity contribution in [3.05, 3.63) is 29.3 Å². The molecule has 0 heterocycles. The molecule has 0 bridgehead atoms. The van der Waals surface area contributed by atoms with Crippen LogP contribution in [0.15, 0.2) is 18.2 Å². The van der Waals surface area contributed by atoms with E-state index in [1.54, 1.807) is 14.0 Å². The van der Waals surface area contributed by atoms with Crippen molar-refractivity contribution in [3.63, 3.8) is 0 Å². The van der Waals surface area contributed by atoms with E-state index in [0.29, 0.717) is 5.75 Å². The fourth-order valence-electron chi connectivity index (χ4n) is 2.04. The molecule has 1 fully saturated rings. The maximum atomic E-state index is 12.0. The smallest absolute Gasteiger partial charge is 0.311 e. The maximum absolute atomic E-state index is 12.0. The highest BCUT2D eigenvalue weighted by atomic mass is 16.5. The Labute approximate surface area is 124 Å². The largest absolute Gasteiger partial charge is 0.496 e. The third-order valence-electron chi connectivity index (χ3n) is 3.37. The van der Waals surface area contributed by atoms with Crippen LogP contribution in [0.2, 0.25) is 0 Å². The number of hydrogen-bond donors (Lipinski definition) is 1. The zero-order valence-corrected chi connectivity index (χ0v) is 12.6. The fourth-order valence-corrected chi connectivity index (χ4v) is 2.04. The SMILES string of the molecule is COc1ccc(C)cc1CC(=O)O[C@@H](C)C(=O)NC1CC1. The zero-order valence-electron chi connectivity index (χ0n) is 12.6. The summed E-state index contributed by atoms with van der Waals surface area (Å²) in [5.41, 5.74) is 1.80. The summed E-state index contributed by atoms with van der Waals surface area (Å²) in [7, 11) is 1.56. The second-order valence-corrected chi connectivity index (χ2v) is 5.41. The Bertz CT molecular complexity index is 537. The molecule has 0 saturated heterocycles. The lowest BCUT2D eigenvalue weighted by molar-refractivity contribution is -0.154. The average Bonchev–Trinajstić information content (AvgIpc) is 3.22. The standard InChI is InChI=1S/C16H21NO4/c1-10-4-7-14(20-3)12(8-10)9-15(18)21-11(2)16(19)17-13-5-6-13/h4,7-8,11,13H,5-6,9H2,1-3H3,(H,17,19)/t11-/m0/s1. The molecule has 21 heavy (non-hydrogen) atoms. The second-order valence-electron chi connectivity index (χ2n) is 5.41. The number of aryl methyl sites for hydroxylation is 1. The van der Waals surface area contributed by atoms with Crippen LogP contribution in [0.1, 0.15) is 30.9 Å². The minimum atomic E-state index is -0.770. The number of hydrogen-bond acceptors (Lipinski definition) is 4. The first kappa shape index (κ1) is 15.4. The number of esters is 1. The molecule has 0 aromatic heterocycles. The normalized spacial score (nSPS) is 15.2. The van der Waals surface area contributed by atoms with Crippen molar-refractivity contribution in [2.45, 2.75) is 45.3 Å². The monoisotopic (exact) mass is 291 g/mol. The minimum absolute atomic E-state index is 0.0892. The molecule has 1 amide bonds. The van der Waals surface area contributed by atoms with Crippen LogP contribution < -0.4 is 10.1 Å². The Morgan fingerprint density at radius 2 is 2.10 bits per heavy atom. The first-order valence-electron chi connectivity index (χ1n) is 7.13. The summed E-state index contributed by atoms with van der Waals surface area (Å²) in [4.78, 5) is 23.7. The Morgan fingerprint density at radius 3 is 2.71 bits per heavy atom. The first-order valence-corrected chi connectivity index (χ1v) is 7.13. The summed E-state index contributed by atoms with van der Waals surface area (Å²) in [6.07, 6.45) is 1.33. The molecule has 5 heteroatoms. The highest BCUT2D eigenvalue weighted by molar-refractivity contribution is 5.84. The van der Waals surface area contributed by atoms with Crippen molar-refractivity contribution in [2.24, 2.45) is 0 Å². The lowest BCUT2D eigenvalue weighted by Gasteiger charge is -2.14. The molecule has 1 N–H and O–H groups in total. The minimum Gasteiger partial charge on any atom is -0.496 e. The van der Waals surface area contributed by atoms with Gasteiger partial charge < -0.3 is 14.8 Å². The van der Waals surface area contributed by atoms with Crippen LogP contribution >= 0.6 is 0 Å². The molecular formula is C16H21NO4. The maximum Gasteiger partial charge on any atom is 0.311 e. The molecule has 1 aromatic carbocycles. The van der Waals surface area contributed by atoms with Crippen molar-refractivity contribution in [1.82, 2.24) is 5.32 Å². The number of benzene rings is 1. The molecule has 0 radical (unpaired) electrons. The quantitative estimate of drug-likeness (QED) is 0.811. The summed E-state index contributed by atoms with van der Waals surface area (Å²) in [6, 6.07) is 5.88. The van der Waals surface area contributed by atoms with E-state index >= 15 is 0 Å². The van der Waals surface area contributed by atoms with Gasteiger partial charge in [-0.1, -0.05) is 17.7 Å². The molecule has 1 saturated carbocycles. The van der Waals surface area contributed by atoms with Gasteiger partial charge in [0.2, 0.25) is 0 Å². The molecule has 1 aliphatic rings. The topological polar surface area (TPSA) is 64.6 Å². The molecule has 2 rings (SSSR count). The fraction of sp³-hybridized carbons (Fsp3) is 0.500. The van der Waals surface area contributed by atoms with Gasteiger partial charge in [-0.25, -0.2) is 0 Å².